The summed E-state index contributed by atoms with van der Waals surface area (Å²) in [6, 6.07) is 10.2. The predicted octanol–water partition coefficient (Wildman–Crippen LogP) is 3.57. The van der Waals surface area contributed by atoms with E-state index >= 15 is 0 Å². The maximum atomic E-state index is 12.2. The molecule has 1 amide bonds. The summed E-state index contributed by atoms with van der Waals surface area (Å²) in [4.78, 5) is 24.0. The first-order valence-corrected chi connectivity index (χ1v) is 9.47. The van der Waals surface area contributed by atoms with Crippen LogP contribution in [0.1, 0.15) is 48.6 Å². The minimum Gasteiger partial charge on any atom is -0.486 e. The lowest BCUT2D eigenvalue weighted by molar-refractivity contribution is -0.144. The topological polar surface area (TPSA) is 77.8 Å². The average molecular weight is 391 g/mol. The molecule has 1 heterocycles. The molecule has 1 atom stereocenters. The maximum Gasteiger partial charge on any atom is 0.329 e. The molecule has 0 radical (unpaired) electrons. The molecule has 0 aliphatic rings. The van der Waals surface area contributed by atoms with Crippen molar-refractivity contribution in [2.24, 2.45) is 0 Å². The largest absolute Gasteiger partial charge is 0.486 e. The Morgan fingerprint density at radius 2 is 1.85 bits per heavy atom. The fourth-order valence-corrected chi connectivity index (χ4v) is 2.57. The average Bonchev–Trinajstić information content (AvgIpc) is 3.14. The zero-order valence-corrected chi connectivity index (χ0v) is 16.6. The predicted molar refractivity (Wildman–Crippen MR) is 105 cm³/mol. The highest BCUT2D eigenvalue weighted by atomic mass is 32.1. The molecule has 0 fully saturated rings. The highest BCUT2D eigenvalue weighted by Crippen LogP contribution is 2.20. The van der Waals surface area contributed by atoms with Crippen LogP contribution in [-0.4, -0.2) is 30.3 Å². The number of hydrogen-bond donors (Lipinski definition) is 2. The SMILES string of the molecule is CCOC(=O)[C@H](CS)NC(=O)c1ccc(COc2ccc(C(C)C)cc2)o1. The van der Waals surface area contributed by atoms with E-state index in [9.17, 15) is 9.59 Å². The number of esters is 1. The third kappa shape index (κ3) is 6.06. The second-order valence-electron chi connectivity index (χ2n) is 6.24. The Hall–Kier alpha value is -2.41. The fourth-order valence-electron chi connectivity index (χ4n) is 2.33. The van der Waals surface area contributed by atoms with Gasteiger partial charge in [-0.05, 0) is 42.7 Å². The second-order valence-corrected chi connectivity index (χ2v) is 6.60. The van der Waals surface area contributed by atoms with Crippen molar-refractivity contribution < 1.29 is 23.5 Å². The van der Waals surface area contributed by atoms with Gasteiger partial charge in [0, 0.05) is 5.75 Å². The van der Waals surface area contributed by atoms with E-state index < -0.39 is 17.9 Å². The summed E-state index contributed by atoms with van der Waals surface area (Å²) in [5.74, 6) is 0.884. The van der Waals surface area contributed by atoms with Crippen LogP contribution >= 0.6 is 12.6 Å². The van der Waals surface area contributed by atoms with Crippen LogP contribution in [0.15, 0.2) is 40.8 Å². The zero-order chi connectivity index (χ0) is 19.8. The van der Waals surface area contributed by atoms with Crippen molar-refractivity contribution in [2.45, 2.75) is 39.3 Å². The van der Waals surface area contributed by atoms with Gasteiger partial charge in [-0.2, -0.15) is 12.6 Å². The van der Waals surface area contributed by atoms with Gasteiger partial charge in [-0.15, -0.1) is 0 Å². The Morgan fingerprint density at radius 3 is 2.44 bits per heavy atom. The lowest BCUT2D eigenvalue weighted by Gasteiger charge is -2.14. The highest BCUT2D eigenvalue weighted by molar-refractivity contribution is 7.80. The molecule has 2 aromatic rings. The summed E-state index contributed by atoms with van der Waals surface area (Å²) >= 11 is 4.07. The van der Waals surface area contributed by atoms with Crippen LogP contribution in [0.25, 0.3) is 0 Å². The van der Waals surface area contributed by atoms with Crippen molar-refractivity contribution >= 4 is 24.5 Å². The quantitative estimate of drug-likeness (QED) is 0.505. The van der Waals surface area contributed by atoms with Crippen LogP contribution in [0, 0.1) is 0 Å². The van der Waals surface area contributed by atoms with Gasteiger partial charge in [-0.1, -0.05) is 26.0 Å². The van der Waals surface area contributed by atoms with Crippen molar-refractivity contribution in [1.82, 2.24) is 5.32 Å². The molecule has 0 bridgehead atoms. The van der Waals surface area contributed by atoms with Gasteiger partial charge < -0.3 is 19.2 Å². The molecule has 0 spiro atoms. The summed E-state index contributed by atoms with van der Waals surface area (Å²) in [7, 11) is 0. The van der Waals surface area contributed by atoms with Crippen LogP contribution in [0.3, 0.4) is 0 Å². The number of rotatable bonds is 9. The van der Waals surface area contributed by atoms with E-state index in [1.165, 1.54) is 11.6 Å². The van der Waals surface area contributed by atoms with Crippen LogP contribution in [0.2, 0.25) is 0 Å². The third-order valence-corrected chi connectivity index (χ3v) is 4.24. The fraction of sp³-hybridized carbons (Fsp3) is 0.400. The van der Waals surface area contributed by atoms with Gasteiger partial charge in [0.25, 0.3) is 5.91 Å². The molecule has 2 rings (SSSR count). The Bertz CT molecular complexity index is 754. The van der Waals surface area contributed by atoms with Crippen molar-refractivity contribution in [3.8, 4) is 5.75 Å². The van der Waals surface area contributed by atoms with Gasteiger partial charge in [0.1, 0.15) is 24.2 Å². The Balaban J connectivity index is 1.91. The number of benzene rings is 1. The van der Waals surface area contributed by atoms with E-state index in [1.807, 2.05) is 24.3 Å². The highest BCUT2D eigenvalue weighted by Gasteiger charge is 2.22. The van der Waals surface area contributed by atoms with Crippen LogP contribution in [-0.2, 0) is 16.1 Å². The Morgan fingerprint density at radius 1 is 1.15 bits per heavy atom. The molecule has 0 aliphatic carbocycles. The minimum atomic E-state index is -0.829. The van der Waals surface area contributed by atoms with Crippen molar-refractivity contribution in [2.75, 3.05) is 12.4 Å². The van der Waals surface area contributed by atoms with Crippen LogP contribution < -0.4 is 10.1 Å². The first kappa shape index (κ1) is 20.9. The van der Waals surface area contributed by atoms with E-state index in [1.54, 1.807) is 13.0 Å². The normalized spacial score (nSPS) is 11.9. The number of carbonyl (C=O) groups is 2. The molecular formula is C20H25NO5S. The number of carbonyl (C=O) groups excluding carboxylic acids is 2. The summed E-state index contributed by atoms with van der Waals surface area (Å²) in [6.45, 7) is 6.39. The van der Waals surface area contributed by atoms with Gasteiger partial charge in [0.15, 0.2) is 5.76 Å². The Kier molecular flexibility index (Phi) is 7.79. The number of hydrogen-bond acceptors (Lipinski definition) is 6. The van der Waals surface area contributed by atoms with E-state index in [0.29, 0.717) is 11.7 Å². The van der Waals surface area contributed by atoms with Gasteiger partial charge in [-0.3, -0.25) is 4.79 Å². The lowest BCUT2D eigenvalue weighted by atomic mass is 10.0. The summed E-state index contributed by atoms with van der Waals surface area (Å²) in [5.41, 5.74) is 1.24. The van der Waals surface area contributed by atoms with Crippen LogP contribution in [0.4, 0.5) is 0 Å². The number of nitrogens with one attached hydrogen (secondary N) is 1. The first-order valence-electron chi connectivity index (χ1n) is 8.84. The molecule has 27 heavy (non-hydrogen) atoms. The molecule has 1 N–H and O–H groups in total. The molecular weight excluding hydrogens is 366 g/mol. The summed E-state index contributed by atoms with van der Waals surface area (Å²) in [6.07, 6.45) is 0. The lowest BCUT2D eigenvalue weighted by Crippen LogP contribution is -2.43. The standard InChI is InChI=1S/C20H25NO5S/c1-4-24-20(23)17(12-27)21-19(22)18-10-9-16(26-18)11-25-15-7-5-14(6-8-15)13(2)3/h5-10,13,17,27H,4,11-12H2,1-3H3,(H,21,22)/t17-/m0/s1. The second kappa shape index (κ2) is 10.1. The van der Waals surface area contributed by atoms with Gasteiger partial charge in [-0.25, -0.2) is 4.79 Å². The summed E-state index contributed by atoms with van der Waals surface area (Å²) < 4.78 is 16.1. The van der Waals surface area contributed by atoms with E-state index in [4.69, 9.17) is 13.9 Å². The molecule has 146 valence electrons. The molecule has 0 saturated carbocycles. The van der Waals surface area contributed by atoms with Crippen molar-refractivity contribution in [1.29, 1.82) is 0 Å². The van der Waals surface area contributed by atoms with Crippen molar-refractivity contribution in [3.05, 3.63) is 53.5 Å². The maximum absolute atomic E-state index is 12.2. The smallest absolute Gasteiger partial charge is 0.329 e. The van der Waals surface area contributed by atoms with Gasteiger partial charge in [0.2, 0.25) is 0 Å². The van der Waals surface area contributed by atoms with E-state index in [0.717, 1.165) is 5.75 Å². The molecule has 6 nitrogen and oxygen atoms in total. The van der Waals surface area contributed by atoms with Gasteiger partial charge >= 0.3 is 5.97 Å². The monoisotopic (exact) mass is 391 g/mol. The molecule has 1 aromatic carbocycles. The van der Waals surface area contributed by atoms with Crippen molar-refractivity contribution in [3.63, 3.8) is 0 Å². The molecule has 0 saturated heterocycles. The third-order valence-electron chi connectivity index (χ3n) is 3.87. The Labute approximate surface area is 164 Å². The molecule has 0 aliphatic heterocycles. The van der Waals surface area contributed by atoms with E-state index in [2.05, 4.69) is 31.8 Å². The van der Waals surface area contributed by atoms with Gasteiger partial charge in [0.05, 0.1) is 6.61 Å². The number of furan rings is 1. The zero-order valence-electron chi connectivity index (χ0n) is 15.7. The number of thiol groups is 1. The number of ether oxygens (including phenoxy) is 2. The van der Waals surface area contributed by atoms with Crippen LogP contribution in [0.5, 0.6) is 5.75 Å². The molecule has 7 heteroatoms. The number of amides is 1. The molecule has 0 unspecified atom stereocenters. The summed E-state index contributed by atoms with van der Waals surface area (Å²) in [5, 5.41) is 2.55. The minimum absolute atomic E-state index is 0.0971. The van der Waals surface area contributed by atoms with E-state index in [-0.39, 0.29) is 24.7 Å². The molecule has 1 aromatic heterocycles. The first-order chi connectivity index (χ1) is 12.9.